The molecule has 10 heteroatoms. The van der Waals surface area contributed by atoms with Crippen LogP contribution in [-0.2, 0) is 16.6 Å². The van der Waals surface area contributed by atoms with Crippen LogP contribution in [0, 0.1) is 0 Å². The molecule has 0 aliphatic heterocycles. The number of carbonyl (C=O) groups excluding carboxylic acids is 1. The number of hydrogen-bond acceptors (Lipinski definition) is 7. The van der Waals surface area contributed by atoms with Crippen molar-refractivity contribution in [2.24, 2.45) is 0 Å². The summed E-state index contributed by atoms with van der Waals surface area (Å²) in [6.45, 7) is 2.43. The summed E-state index contributed by atoms with van der Waals surface area (Å²) in [5.41, 5.74) is 2.03. The minimum Gasteiger partial charge on any atom is -0.297 e. The first-order chi connectivity index (χ1) is 15.8. The van der Waals surface area contributed by atoms with Crippen LogP contribution in [0.25, 0.3) is 10.7 Å². The van der Waals surface area contributed by atoms with Gasteiger partial charge in [-0.05, 0) is 48.2 Å². The van der Waals surface area contributed by atoms with E-state index in [-0.39, 0.29) is 5.78 Å². The van der Waals surface area contributed by atoms with Crippen molar-refractivity contribution in [1.29, 1.82) is 0 Å². The zero-order valence-corrected chi connectivity index (χ0v) is 20.5. The quantitative estimate of drug-likeness (QED) is 0.263. The summed E-state index contributed by atoms with van der Waals surface area (Å²) < 4.78 is 27.2. The van der Waals surface area contributed by atoms with Crippen molar-refractivity contribution < 1.29 is 13.2 Å². The second-order valence-electron chi connectivity index (χ2n) is 7.43. The van der Waals surface area contributed by atoms with Crippen LogP contribution in [0.2, 0.25) is 0 Å². The van der Waals surface area contributed by atoms with Gasteiger partial charge in [-0.25, -0.2) is 8.42 Å². The number of carbonyl (C=O) groups is 1. The molecule has 1 N–H and O–H groups in total. The number of benzene rings is 2. The van der Waals surface area contributed by atoms with Crippen LogP contribution >= 0.6 is 23.1 Å². The first-order valence-electron chi connectivity index (χ1n) is 10.1. The lowest BCUT2D eigenvalue weighted by molar-refractivity contribution is 0.0994. The largest absolute Gasteiger partial charge is 0.297 e. The Morgan fingerprint density at radius 3 is 2.42 bits per heavy atom. The molecule has 170 valence electrons. The lowest BCUT2D eigenvalue weighted by atomic mass is 10.1. The summed E-state index contributed by atoms with van der Waals surface area (Å²) in [7, 11) is -3.37. The third-order valence-electron chi connectivity index (χ3n) is 4.77. The summed E-state index contributed by atoms with van der Waals surface area (Å²) in [5.74, 6) is 0.699. The fourth-order valence-electron chi connectivity index (χ4n) is 3.24. The van der Waals surface area contributed by atoms with E-state index in [1.54, 1.807) is 35.6 Å². The van der Waals surface area contributed by atoms with Crippen LogP contribution in [-0.4, -0.2) is 40.5 Å². The topological polar surface area (TPSA) is 93.9 Å². The molecule has 0 bridgehead atoms. The number of thioether (sulfide) groups is 1. The molecule has 2 aromatic heterocycles. The minimum atomic E-state index is -3.37. The number of Topliss-reactive ketones (excluding diaryl/α,β-unsaturated/α-hetero) is 1. The van der Waals surface area contributed by atoms with Gasteiger partial charge in [0, 0.05) is 11.3 Å². The molecule has 4 rings (SSSR count). The summed E-state index contributed by atoms with van der Waals surface area (Å²) in [6, 6.07) is 20.4. The predicted molar refractivity (Wildman–Crippen MR) is 133 cm³/mol. The van der Waals surface area contributed by atoms with Gasteiger partial charge in [-0.2, -0.15) is 0 Å². The molecule has 0 fully saturated rings. The Hall–Kier alpha value is -2.95. The van der Waals surface area contributed by atoms with Crippen LogP contribution in [0.1, 0.15) is 22.8 Å². The average molecular weight is 499 g/mol. The van der Waals surface area contributed by atoms with E-state index < -0.39 is 15.3 Å². The molecule has 0 saturated heterocycles. The standard InChI is InChI=1S/C23H22N4O3S3/c1-16(21(28)18-10-12-19(13-11-18)26-33(2,29)30)32-23-25-24-22(20-9-6-14-31-20)27(23)15-17-7-4-3-5-8-17/h3-14,16,26H,15H2,1-2H3/t16-/m0/s1. The van der Waals surface area contributed by atoms with Gasteiger partial charge in [0.15, 0.2) is 16.8 Å². The maximum atomic E-state index is 13.0. The van der Waals surface area contributed by atoms with Crippen molar-refractivity contribution in [3.8, 4) is 10.7 Å². The van der Waals surface area contributed by atoms with E-state index in [2.05, 4.69) is 14.9 Å². The number of hydrogen-bond donors (Lipinski definition) is 1. The number of thiophene rings is 1. The van der Waals surface area contributed by atoms with E-state index in [0.717, 1.165) is 22.5 Å². The number of sulfonamides is 1. The van der Waals surface area contributed by atoms with Gasteiger partial charge in [0.05, 0.1) is 22.9 Å². The molecule has 0 radical (unpaired) electrons. The van der Waals surface area contributed by atoms with Crippen LogP contribution < -0.4 is 4.72 Å². The SMILES string of the molecule is C[C@H](Sc1nnc(-c2cccs2)n1Cc1ccccc1)C(=O)c1ccc(NS(C)(=O)=O)cc1. The first kappa shape index (κ1) is 23.2. The zero-order valence-electron chi connectivity index (χ0n) is 18.0. The van der Waals surface area contributed by atoms with Gasteiger partial charge in [-0.1, -0.05) is 48.2 Å². The van der Waals surface area contributed by atoms with Gasteiger partial charge >= 0.3 is 0 Å². The third-order valence-corrected chi connectivity index (χ3v) is 7.32. The highest BCUT2D eigenvalue weighted by Crippen LogP contribution is 2.31. The highest BCUT2D eigenvalue weighted by atomic mass is 32.2. The lowest BCUT2D eigenvalue weighted by Crippen LogP contribution is -2.15. The lowest BCUT2D eigenvalue weighted by Gasteiger charge is -2.13. The van der Waals surface area contributed by atoms with Crippen LogP contribution in [0.3, 0.4) is 0 Å². The van der Waals surface area contributed by atoms with Crippen molar-refractivity contribution in [3.05, 3.63) is 83.2 Å². The van der Waals surface area contributed by atoms with Crippen LogP contribution in [0.15, 0.2) is 77.3 Å². The molecule has 2 aromatic carbocycles. The van der Waals surface area contributed by atoms with E-state index in [1.807, 2.05) is 59.3 Å². The van der Waals surface area contributed by atoms with Crippen molar-refractivity contribution in [3.63, 3.8) is 0 Å². The number of nitrogens with one attached hydrogen (secondary N) is 1. The maximum absolute atomic E-state index is 13.0. The Labute approximate surface area is 200 Å². The van der Waals surface area contributed by atoms with Gasteiger partial charge < -0.3 is 0 Å². The van der Waals surface area contributed by atoms with Crippen molar-refractivity contribution in [1.82, 2.24) is 14.8 Å². The summed E-state index contributed by atoms with van der Waals surface area (Å²) in [6.07, 6.45) is 1.08. The number of rotatable bonds is 9. The normalized spacial score (nSPS) is 12.4. The molecular formula is C23H22N4O3S3. The third kappa shape index (κ3) is 5.89. The molecule has 1 atom stereocenters. The predicted octanol–water partition coefficient (Wildman–Crippen LogP) is 4.79. The van der Waals surface area contributed by atoms with E-state index in [1.165, 1.54) is 11.8 Å². The van der Waals surface area contributed by atoms with Crippen molar-refractivity contribution in [2.75, 3.05) is 11.0 Å². The zero-order chi connectivity index (χ0) is 23.4. The molecule has 2 heterocycles. The highest BCUT2D eigenvalue weighted by molar-refractivity contribution is 8.00. The van der Waals surface area contributed by atoms with E-state index in [0.29, 0.717) is 23.0 Å². The number of aromatic nitrogens is 3. The average Bonchev–Trinajstić information content (AvgIpc) is 3.44. The Bertz CT molecular complexity index is 1330. The summed E-state index contributed by atoms with van der Waals surface area (Å²) >= 11 is 2.95. The Morgan fingerprint density at radius 2 is 1.79 bits per heavy atom. The Morgan fingerprint density at radius 1 is 1.06 bits per heavy atom. The molecule has 0 aliphatic carbocycles. The van der Waals surface area contributed by atoms with Gasteiger partial charge in [0.2, 0.25) is 10.0 Å². The van der Waals surface area contributed by atoms with Crippen molar-refractivity contribution in [2.45, 2.75) is 23.9 Å². The molecule has 0 aliphatic rings. The minimum absolute atomic E-state index is 0.0714. The van der Waals surface area contributed by atoms with Gasteiger partial charge in [0.25, 0.3) is 0 Å². The molecule has 7 nitrogen and oxygen atoms in total. The van der Waals surface area contributed by atoms with Crippen molar-refractivity contribution >= 4 is 44.6 Å². The Balaban J connectivity index is 1.56. The van der Waals surface area contributed by atoms with E-state index in [9.17, 15) is 13.2 Å². The Kier molecular flexibility index (Phi) is 6.96. The van der Waals surface area contributed by atoms with Crippen LogP contribution in [0.5, 0.6) is 0 Å². The molecule has 0 saturated carbocycles. The number of nitrogens with zero attached hydrogens (tertiary/aromatic N) is 3. The molecule has 33 heavy (non-hydrogen) atoms. The number of anilines is 1. The summed E-state index contributed by atoms with van der Waals surface area (Å²) in [5, 5.41) is 11.1. The summed E-state index contributed by atoms with van der Waals surface area (Å²) in [4.78, 5) is 14.0. The smallest absolute Gasteiger partial charge is 0.229 e. The van der Waals surface area contributed by atoms with E-state index in [4.69, 9.17) is 0 Å². The van der Waals surface area contributed by atoms with Gasteiger partial charge in [-0.15, -0.1) is 21.5 Å². The van der Waals surface area contributed by atoms with E-state index >= 15 is 0 Å². The van der Waals surface area contributed by atoms with Gasteiger partial charge in [0.1, 0.15) is 0 Å². The van der Waals surface area contributed by atoms with Crippen LogP contribution in [0.4, 0.5) is 5.69 Å². The fraction of sp³-hybridized carbons (Fsp3) is 0.174. The number of ketones is 1. The molecule has 0 amide bonds. The maximum Gasteiger partial charge on any atom is 0.229 e. The second kappa shape index (κ2) is 9.90. The molecule has 4 aromatic rings. The first-order valence-corrected chi connectivity index (χ1v) is 13.7. The second-order valence-corrected chi connectivity index (χ2v) is 11.4. The molecule has 0 spiro atoms. The fourth-order valence-corrected chi connectivity index (χ4v) is 5.44. The molecular weight excluding hydrogens is 476 g/mol. The van der Waals surface area contributed by atoms with Gasteiger partial charge in [-0.3, -0.25) is 14.1 Å². The monoisotopic (exact) mass is 498 g/mol. The highest BCUT2D eigenvalue weighted by Gasteiger charge is 2.22. The molecule has 0 unspecified atom stereocenters.